The Hall–Kier alpha value is -5.75. The second-order valence-corrected chi connectivity index (χ2v) is 20.3. The van der Waals surface area contributed by atoms with E-state index in [1.54, 1.807) is 41.7 Å². The van der Waals surface area contributed by atoms with Crippen molar-refractivity contribution in [1.82, 2.24) is 9.38 Å². The van der Waals surface area contributed by atoms with Crippen LogP contribution in [0.4, 0.5) is 0 Å². The number of ether oxygens (including phenoxy) is 1. The van der Waals surface area contributed by atoms with E-state index in [-0.39, 0.29) is 28.0 Å². The normalized spacial score (nSPS) is 15.9. The average molecular weight is 753 g/mol. The minimum Gasteiger partial charge on any atom is -0.457 e. The van der Waals surface area contributed by atoms with Gasteiger partial charge in [0, 0.05) is 30.3 Å². The van der Waals surface area contributed by atoms with Crippen LogP contribution in [0.1, 0.15) is 59.4 Å². The van der Waals surface area contributed by atoms with Crippen molar-refractivity contribution in [3.05, 3.63) is 180 Å². The number of aromatic nitrogens is 2. The van der Waals surface area contributed by atoms with Crippen LogP contribution in [0.3, 0.4) is 0 Å². The summed E-state index contributed by atoms with van der Waals surface area (Å²) >= 11 is 1.68. The molecular weight excluding hydrogens is 705 g/mol. The van der Waals surface area contributed by atoms with Crippen LogP contribution in [-0.2, 0) is 10.8 Å². The Labute approximate surface area is 336 Å². The molecule has 0 aliphatic carbocycles. The predicted octanol–water partition coefficient (Wildman–Crippen LogP) is 10.5. The van der Waals surface area contributed by atoms with Gasteiger partial charge in [-0.05, 0) is 61.6 Å². The number of thiazole rings is 1. The Morgan fingerprint density at radius 1 is 0.636 bits per heavy atom. The Morgan fingerprint density at radius 3 is 2.04 bits per heavy atom. The van der Waals surface area contributed by atoms with Crippen molar-refractivity contribution in [2.75, 3.05) is 0 Å². The molecule has 55 heavy (non-hydrogen) atoms. The molecule has 2 aromatic heterocycles. The van der Waals surface area contributed by atoms with Crippen LogP contribution in [0.5, 0.6) is 11.5 Å². The van der Waals surface area contributed by atoms with Crippen molar-refractivity contribution in [2.24, 2.45) is 0 Å². The van der Waals surface area contributed by atoms with Gasteiger partial charge in [-0.3, -0.25) is 4.40 Å². The van der Waals surface area contributed by atoms with E-state index in [2.05, 4.69) is 110 Å². The van der Waals surface area contributed by atoms with Gasteiger partial charge in [0.05, 0.1) is 21.3 Å². The fraction of sp³-hybridized carbons (Fsp3) is 0.140. The molecule has 0 bridgehead atoms. The molecule has 10 rings (SSSR count). The van der Waals surface area contributed by atoms with Crippen molar-refractivity contribution in [3.8, 4) is 22.6 Å². The summed E-state index contributed by atoms with van der Waals surface area (Å²) in [4.78, 5) is 6.21. The van der Waals surface area contributed by atoms with Crippen molar-refractivity contribution in [3.63, 3.8) is 0 Å². The van der Waals surface area contributed by atoms with E-state index < -0.39 is 27.2 Å². The lowest BCUT2D eigenvalue weighted by atomic mass is 9.76. The second kappa shape index (κ2) is 12.4. The lowest BCUT2D eigenvalue weighted by molar-refractivity contribution is 0.421. The van der Waals surface area contributed by atoms with Crippen molar-refractivity contribution >= 4 is 66.4 Å². The van der Waals surface area contributed by atoms with Gasteiger partial charge in [-0.15, -0.1) is 0 Å². The molecule has 9 aromatic rings. The molecule has 5 heteroatoms. The number of hydrogen-bond acceptors (Lipinski definition) is 3. The molecule has 1 aliphatic heterocycles. The lowest BCUT2D eigenvalue weighted by Gasteiger charge is -2.41. The van der Waals surface area contributed by atoms with Gasteiger partial charge >= 0.3 is 0 Å². The summed E-state index contributed by atoms with van der Waals surface area (Å²) in [6.07, 6.45) is 0. The zero-order chi connectivity index (χ0) is 42.5. The van der Waals surface area contributed by atoms with E-state index >= 15 is 0 Å². The molecule has 0 N–H and O–H groups in total. The molecule has 7 aromatic carbocycles. The first kappa shape index (κ1) is 27.8. The molecule has 0 spiro atoms. The number of imidazole rings is 1. The topological polar surface area (TPSA) is 26.5 Å². The maximum Gasteiger partial charge on any atom is 0.195 e. The first-order valence-electron chi connectivity index (χ1n) is 21.6. The highest BCUT2D eigenvalue weighted by Crippen LogP contribution is 2.47. The third-order valence-electron chi connectivity index (χ3n) is 11.3. The predicted molar refractivity (Wildman–Crippen MR) is 234 cm³/mol. The molecule has 0 amide bonds. The fourth-order valence-electron chi connectivity index (χ4n) is 8.76. The smallest absolute Gasteiger partial charge is 0.195 e. The summed E-state index contributed by atoms with van der Waals surface area (Å²) in [6.45, 7) is 0.758. The van der Waals surface area contributed by atoms with E-state index in [1.807, 2.05) is 48.5 Å². The Balaban J connectivity index is 1.31. The van der Waals surface area contributed by atoms with Crippen LogP contribution in [0.15, 0.2) is 164 Å². The van der Waals surface area contributed by atoms with E-state index in [0.29, 0.717) is 0 Å². The first-order valence-corrected chi connectivity index (χ1v) is 21.5. The minimum atomic E-state index is -3.53. The monoisotopic (exact) mass is 752 g/mol. The Kier molecular flexibility index (Phi) is 6.25. The molecule has 0 saturated carbocycles. The number of rotatable bonds is 5. The molecule has 0 radical (unpaired) electrons. The van der Waals surface area contributed by atoms with E-state index in [4.69, 9.17) is 17.9 Å². The molecule has 3 nitrogen and oxygen atoms in total. The second-order valence-electron chi connectivity index (χ2n) is 15.5. The summed E-state index contributed by atoms with van der Waals surface area (Å²) in [7, 11) is -3.53. The Morgan fingerprint density at radius 2 is 1.29 bits per heavy atom. The zero-order valence-corrected chi connectivity index (χ0v) is 32.6. The third kappa shape index (κ3) is 5.03. The summed E-state index contributed by atoms with van der Waals surface area (Å²) in [6, 6.07) is 54.5. The van der Waals surface area contributed by atoms with Gasteiger partial charge in [0.1, 0.15) is 11.5 Å². The maximum atomic E-state index is 9.06. The highest BCUT2D eigenvalue weighted by molar-refractivity contribution is 7.23. The van der Waals surface area contributed by atoms with Crippen LogP contribution in [0, 0.1) is 0 Å². The van der Waals surface area contributed by atoms with Crippen molar-refractivity contribution < 1.29 is 13.0 Å². The van der Waals surface area contributed by atoms with Gasteiger partial charge < -0.3 is 4.74 Å². The molecule has 268 valence electrons. The summed E-state index contributed by atoms with van der Waals surface area (Å²) in [5.74, 6) is 0.509. The summed E-state index contributed by atoms with van der Waals surface area (Å²) in [5, 5.41) is 3.90. The van der Waals surface area contributed by atoms with Crippen LogP contribution >= 0.6 is 11.3 Å². The van der Waals surface area contributed by atoms with E-state index in [1.165, 1.54) is 4.70 Å². The number of para-hydroxylation sites is 4. The lowest BCUT2D eigenvalue weighted by Crippen LogP contribution is -2.75. The number of hydrogen-bond donors (Lipinski definition) is 0. The van der Waals surface area contributed by atoms with Gasteiger partial charge in [0.2, 0.25) is 0 Å². The third-order valence-corrected chi connectivity index (χ3v) is 17.1. The minimum absolute atomic E-state index is 0.132. The molecule has 0 fully saturated rings. The summed E-state index contributed by atoms with van der Waals surface area (Å²) < 4.78 is 64.7. The Bertz CT molecular complexity index is 3090. The molecule has 1 aliphatic rings. The van der Waals surface area contributed by atoms with Gasteiger partial charge in [-0.1, -0.05) is 185 Å². The van der Waals surface area contributed by atoms with Crippen LogP contribution in [0.25, 0.3) is 37.3 Å². The zero-order valence-electron chi connectivity index (χ0n) is 36.8. The van der Waals surface area contributed by atoms with Gasteiger partial charge in [-0.25, -0.2) is 4.98 Å². The average Bonchev–Trinajstić information content (AvgIpc) is 3.79. The maximum absolute atomic E-state index is 9.06. The standard InChI is InChI=1S/C50H42N2OSSi/c1-49(2,3)40-32-35(30-31-36(40)37-22-16-26-42-46(37)51-48-52(42)41-25-13-15-28-44(41)54-48)55(33-18-8-6-9-19-33,34-20-10-7-11-21-34)45-29-17-24-39-47(45)53-43-27-14-12-23-38(43)50(39,4)5/h6-32H,1-5H3/i4D3,5D3. The summed E-state index contributed by atoms with van der Waals surface area (Å²) in [5.41, 5.74) is 3.91. The molecular formula is C50H42N2OSSi. The van der Waals surface area contributed by atoms with Gasteiger partial charge in [0.25, 0.3) is 0 Å². The van der Waals surface area contributed by atoms with Crippen LogP contribution in [0.2, 0.25) is 0 Å². The van der Waals surface area contributed by atoms with Crippen molar-refractivity contribution in [1.29, 1.82) is 0 Å². The molecule has 0 unspecified atom stereocenters. The number of nitrogens with zero attached hydrogens (tertiary/aromatic N) is 2. The highest BCUT2D eigenvalue weighted by atomic mass is 32.1. The largest absolute Gasteiger partial charge is 0.457 e. The fourth-order valence-corrected chi connectivity index (χ4v) is 14.7. The molecule has 3 heterocycles. The van der Waals surface area contributed by atoms with Gasteiger partial charge in [-0.2, -0.15) is 0 Å². The number of fused-ring (bicyclic) bond motifs is 7. The quantitative estimate of drug-likeness (QED) is 0.129. The van der Waals surface area contributed by atoms with Crippen molar-refractivity contribution in [2.45, 2.75) is 45.3 Å². The number of benzene rings is 7. The SMILES string of the molecule is [2H]C([2H])([2H])C1(C([2H])([2H])[2H])c2ccccc2Oc2c1cccc2[Si](c1ccccc1)(c1ccccc1)c1ccc(-c2cccc3c2nc2sc4ccccc4n23)c(C(C)(C)C)c1. The first-order chi connectivity index (χ1) is 29.2. The highest BCUT2D eigenvalue weighted by Gasteiger charge is 2.47. The molecule has 0 atom stereocenters. The van der Waals surface area contributed by atoms with E-state index in [0.717, 1.165) is 58.9 Å². The molecule has 0 saturated heterocycles. The van der Waals surface area contributed by atoms with Crippen LogP contribution in [-0.4, -0.2) is 17.5 Å². The van der Waals surface area contributed by atoms with E-state index in [9.17, 15) is 0 Å². The van der Waals surface area contributed by atoms with Crippen LogP contribution < -0.4 is 25.5 Å². The van der Waals surface area contributed by atoms with Gasteiger partial charge in [0.15, 0.2) is 13.0 Å².